The van der Waals surface area contributed by atoms with Crippen LogP contribution in [0, 0.1) is 11.8 Å². The molecule has 0 aliphatic carbocycles. The van der Waals surface area contributed by atoms with Crippen LogP contribution in [0.1, 0.15) is 67.2 Å². The SMILES string of the molecule is CCC(=O)O[C@H](OC(=O)N[C@@](C)(CC(=O)O)C[C@@H](C)CC)C(C)C. The molecule has 0 aliphatic heterocycles. The third kappa shape index (κ3) is 8.74. The number of carboxylic acids is 1. The highest BCUT2D eigenvalue weighted by Gasteiger charge is 2.33. The second-order valence-electron chi connectivity index (χ2n) is 6.83. The number of carbonyl (C=O) groups is 3. The molecule has 140 valence electrons. The summed E-state index contributed by atoms with van der Waals surface area (Å²) in [6, 6.07) is 0. The number of aliphatic carboxylic acids is 1. The van der Waals surface area contributed by atoms with Crippen LogP contribution < -0.4 is 5.32 Å². The van der Waals surface area contributed by atoms with Crippen molar-refractivity contribution in [3.8, 4) is 0 Å². The first-order chi connectivity index (χ1) is 11.0. The van der Waals surface area contributed by atoms with Gasteiger partial charge in [0, 0.05) is 12.3 Å². The van der Waals surface area contributed by atoms with Crippen molar-refractivity contribution in [2.75, 3.05) is 0 Å². The summed E-state index contributed by atoms with van der Waals surface area (Å²) in [7, 11) is 0. The third-order valence-electron chi connectivity index (χ3n) is 3.74. The molecule has 7 nitrogen and oxygen atoms in total. The topological polar surface area (TPSA) is 102 Å². The minimum absolute atomic E-state index is 0.180. The monoisotopic (exact) mass is 345 g/mol. The number of ether oxygens (including phenoxy) is 2. The Bertz CT molecular complexity index is 437. The average molecular weight is 345 g/mol. The standard InChI is InChI=1S/C17H31NO6/c1-7-12(5)9-17(6,10-13(19)20)18-16(22)24-15(11(3)4)23-14(21)8-2/h11-12,15H,7-10H2,1-6H3,(H,18,22)(H,19,20)/t12-,15+,17+/m0/s1. The van der Waals surface area contributed by atoms with Gasteiger partial charge in [0.1, 0.15) is 0 Å². The number of carboxylic acid groups (broad SMARTS) is 1. The first kappa shape index (κ1) is 22.2. The zero-order valence-electron chi connectivity index (χ0n) is 15.5. The van der Waals surface area contributed by atoms with Crippen molar-refractivity contribution in [3.05, 3.63) is 0 Å². The highest BCUT2D eigenvalue weighted by molar-refractivity contribution is 5.73. The van der Waals surface area contributed by atoms with Gasteiger partial charge in [-0.05, 0) is 19.3 Å². The molecule has 2 N–H and O–H groups in total. The van der Waals surface area contributed by atoms with Gasteiger partial charge in [-0.3, -0.25) is 9.59 Å². The number of rotatable bonds is 10. The fourth-order valence-electron chi connectivity index (χ4n) is 2.31. The smallest absolute Gasteiger partial charge is 0.410 e. The molecule has 0 saturated heterocycles. The van der Waals surface area contributed by atoms with Crippen molar-refractivity contribution in [1.29, 1.82) is 0 Å². The summed E-state index contributed by atoms with van der Waals surface area (Å²) in [5.74, 6) is -1.44. The lowest BCUT2D eigenvalue weighted by molar-refractivity contribution is -0.174. The van der Waals surface area contributed by atoms with Gasteiger partial charge in [-0.25, -0.2) is 4.79 Å². The molecule has 0 bridgehead atoms. The van der Waals surface area contributed by atoms with Crippen LogP contribution >= 0.6 is 0 Å². The first-order valence-electron chi connectivity index (χ1n) is 8.43. The maximum atomic E-state index is 12.2. The quantitative estimate of drug-likeness (QED) is 0.465. The van der Waals surface area contributed by atoms with Gasteiger partial charge in [0.15, 0.2) is 0 Å². The number of alkyl carbamates (subject to hydrolysis) is 1. The van der Waals surface area contributed by atoms with Crippen LogP contribution in [0.3, 0.4) is 0 Å². The van der Waals surface area contributed by atoms with E-state index in [1.807, 2.05) is 13.8 Å². The molecule has 0 aliphatic rings. The normalized spacial score (nSPS) is 16.0. The second kappa shape index (κ2) is 10.2. The molecule has 0 heterocycles. The van der Waals surface area contributed by atoms with E-state index in [-0.39, 0.29) is 24.7 Å². The Morgan fingerprint density at radius 2 is 1.71 bits per heavy atom. The summed E-state index contributed by atoms with van der Waals surface area (Å²) in [4.78, 5) is 34.7. The average Bonchev–Trinajstić information content (AvgIpc) is 2.44. The van der Waals surface area contributed by atoms with Crippen LogP contribution in [0.4, 0.5) is 4.79 Å². The molecule has 0 unspecified atom stereocenters. The minimum Gasteiger partial charge on any atom is -0.481 e. The van der Waals surface area contributed by atoms with Crippen LogP contribution in [-0.4, -0.2) is 35.0 Å². The van der Waals surface area contributed by atoms with Crippen LogP contribution in [-0.2, 0) is 19.1 Å². The van der Waals surface area contributed by atoms with Crippen molar-refractivity contribution in [3.63, 3.8) is 0 Å². The van der Waals surface area contributed by atoms with E-state index >= 15 is 0 Å². The number of carbonyl (C=O) groups excluding carboxylic acids is 2. The molecule has 0 rings (SSSR count). The molecule has 0 saturated carbocycles. The zero-order chi connectivity index (χ0) is 18.9. The molecule has 0 aromatic carbocycles. The van der Waals surface area contributed by atoms with E-state index in [1.54, 1.807) is 27.7 Å². The zero-order valence-corrected chi connectivity index (χ0v) is 15.5. The van der Waals surface area contributed by atoms with Gasteiger partial charge < -0.3 is 19.9 Å². The number of amides is 1. The maximum absolute atomic E-state index is 12.2. The van der Waals surface area contributed by atoms with Gasteiger partial charge in [-0.15, -0.1) is 0 Å². The Morgan fingerprint density at radius 3 is 2.12 bits per heavy atom. The number of hydrogen-bond donors (Lipinski definition) is 2. The Balaban J connectivity index is 4.95. The summed E-state index contributed by atoms with van der Waals surface area (Å²) in [5, 5.41) is 11.7. The number of esters is 1. The van der Waals surface area contributed by atoms with Gasteiger partial charge in [0.25, 0.3) is 6.29 Å². The van der Waals surface area contributed by atoms with Crippen LogP contribution in [0.5, 0.6) is 0 Å². The minimum atomic E-state index is -1.00. The van der Waals surface area contributed by atoms with Gasteiger partial charge in [-0.1, -0.05) is 41.0 Å². The molecule has 3 atom stereocenters. The van der Waals surface area contributed by atoms with Crippen molar-refractivity contribution in [2.24, 2.45) is 11.8 Å². The molecule has 0 fully saturated rings. The lowest BCUT2D eigenvalue weighted by Crippen LogP contribution is -2.50. The van der Waals surface area contributed by atoms with Crippen molar-refractivity contribution in [1.82, 2.24) is 5.32 Å². The predicted octanol–water partition coefficient (Wildman–Crippen LogP) is 3.32. The largest absolute Gasteiger partial charge is 0.481 e. The van der Waals surface area contributed by atoms with E-state index in [9.17, 15) is 14.4 Å². The lowest BCUT2D eigenvalue weighted by atomic mass is 9.86. The first-order valence-corrected chi connectivity index (χ1v) is 8.43. The van der Waals surface area contributed by atoms with Crippen LogP contribution in [0.2, 0.25) is 0 Å². The third-order valence-corrected chi connectivity index (χ3v) is 3.74. The fraction of sp³-hybridized carbons (Fsp3) is 0.824. The molecule has 24 heavy (non-hydrogen) atoms. The molecule has 0 radical (unpaired) electrons. The van der Waals surface area contributed by atoms with Gasteiger partial charge in [0.05, 0.1) is 12.0 Å². The van der Waals surface area contributed by atoms with Crippen LogP contribution in [0.25, 0.3) is 0 Å². The lowest BCUT2D eigenvalue weighted by Gasteiger charge is -2.32. The molecule has 1 amide bonds. The molecular weight excluding hydrogens is 314 g/mol. The van der Waals surface area contributed by atoms with E-state index in [0.29, 0.717) is 6.42 Å². The van der Waals surface area contributed by atoms with E-state index in [4.69, 9.17) is 14.6 Å². The van der Waals surface area contributed by atoms with E-state index in [2.05, 4.69) is 5.32 Å². The summed E-state index contributed by atoms with van der Waals surface area (Å²) < 4.78 is 10.3. The molecular formula is C17H31NO6. The predicted molar refractivity (Wildman–Crippen MR) is 89.4 cm³/mol. The molecule has 0 aromatic rings. The summed E-state index contributed by atoms with van der Waals surface area (Å²) in [6.07, 6.45) is -0.451. The number of nitrogens with one attached hydrogen (secondary N) is 1. The highest BCUT2D eigenvalue weighted by atomic mass is 16.7. The Morgan fingerprint density at radius 1 is 1.12 bits per heavy atom. The van der Waals surface area contributed by atoms with E-state index in [1.165, 1.54) is 0 Å². The van der Waals surface area contributed by atoms with Gasteiger partial charge in [-0.2, -0.15) is 0 Å². The Labute approximate surface area is 144 Å². The summed E-state index contributed by atoms with van der Waals surface area (Å²) >= 11 is 0. The second-order valence-corrected chi connectivity index (χ2v) is 6.83. The van der Waals surface area contributed by atoms with Gasteiger partial charge in [0.2, 0.25) is 0 Å². The van der Waals surface area contributed by atoms with E-state index < -0.39 is 29.9 Å². The van der Waals surface area contributed by atoms with Gasteiger partial charge >= 0.3 is 18.0 Å². The molecule has 7 heteroatoms. The Kier molecular flexibility index (Phi) is 9.40. The number of hydrogen-bond acceptors (Lipinski definition) is 5. The van der Waals surface area contributed by atoms with Crippen molar-refractivity contribution < 1.29 is 29.0 Å². The summed E-state index contributed by atoms with van der Waals surface area (Å²) in [5.41, 5.74) is -0.936. The fourth-order valence-corrected chi connectivity index (χ4v) is 2.31. The molecule has 0 spiro atoms. The Hall–Kier alpha value is -1.79. The molecule has 0 aromatic heterocycles. The highest BCUT2D eigenvalue weighted by Crippen LogP contribution is 2.23. The summed E-state index contributed by atoms with van der Waals surface area (Å²) in [6.45, 7) is 10.8. The maximum Gasteiger partial charge on any atom is 0.410 e. The van der Waals surface area contributed by atoms with Crippen molar-refractivity contribution >= 4 is 18.0 Å². The van der Waals surface area contributed by atoms with Crippen molar-refractivity contribution in [2.45, 2.75) is 79.1 Å². The van der Waals surface area contributed by atoms with Crippen LogP contribution in [0.15, 0.2) is 0 Å². The van der Waals surface area contributed by atoms with E-state index in [0.717, 1.165) is 6.42 Å².